The van der Waals surface area contributed by atoms with Gasteiger partial charge in [0.25, 0.3) is 10.0 Å². The lowest BCUT2D eigenvalue weighted by molar-refractivity contribution is -0.139. The molecule has 0 radical (unpaired) electrons. The first-order valence-corrected chi connectivity index (χ1v) is 15.6. The van der Waals surface area contributed by atoms with Gasteiger partial charge in [0.1, 0.15) is 12.6 Å². The van der Waals surface area contributed by atoms with Crippen molar-refractivity contribution in [3.8, 4) is 0 Å². The SMILES string of the molecule is CC[C@H](C(=O)NC1CCCC1)N(CCc1ccccc1)C(=O)CN(c1ccc(Cl)cc1)S(=O)(=O)c1ccccc1. The Bertz CT molecular complexity index is 1360. The molecule has 2 amide bonds. The molecule has 3 aromatic rings. The van der Waals surface area contributed by atoms with E-state index in [1.165, 1.54) is 12.1 Å². The zero-order valence-electron chi connectivity index (χ0n) is 22.7. The lowest BCUT2D eigenvalue weighted by Crippen LogP contribution is -2.54. The van der Waals surface area contributed by atoms with Gasteiger partial charge in [-0.05, 0) is 67.6 Å². The van der Waals surface area contributed by atoms with Gasteiger partial charge in [-0.15, -0.1) is 0 Å². The van der Waals surface area contributed by atoms with Gasteiger partial charge in [0.05, 0.1) is 10.6 Å². The Balaban J connectivity index is 1.65. The summed E-state index contributed by atoms with van der Waals surface area (Å²) >= 11 is 6.08. The molecule has 212 valence electrons. The van der Waals surface area contributed by atoms with Crippen molar-refractivity contribution in [3.05, 3.63) is 95.5 Å². The fourth-order valence-corrected chi connectivity index (χ4v) is 6.68. The number of rotatable bonds is 12. The van der Waals surface area contributed by atoms with Crippen LogP contribution in [0.3, 0.4) is 0 Å². The molecule has 1 saturated carbocycles. The first kappa shape index (κ1) is 29.6. The number of nitrogens with zero attached hydrogens (tertiary/aromatic N) is 2. The summed E-state index contributed by atoms with van der Waals surface area (Å²) in [7, 11) is -4.09. The molecule has 9 heteroatoms. The average Bonchev–Trinajstić information content (AvgIpc) is 3.48. The molecular weight excluding hydrogens is 546 g/mol. The van der Waals surface area contributed by atoms with Crippen LogP contribution in [0, 0.1) is 0 Å². The summed E-state index contributed by atoms with van der Waals surface area (Å²) in [6.45, 7) is 1.69. The van der Waals surface area contributed by atoms with Crippen molar-refractivity contribution >= 4 is 39.1 Å². The van der Waals surface area contributed by atoms with E-state index in [0.29, 0.717) is 23.6 Å². The number of halogens is 1. The Labute approximate surface area is 242 Å². The molecule has 0 heterocycles. The van der Waals surface area contributed by atoms with Gasteiger partial charge in [0.15, 0.2) is 0 Å². The molecule has 1 aliphatic carbocycles. The second kappa shape index (κ2) is 13.8. The Kier molecular flexibility index (Phi) is 10.2. The minimum absolute atomic E-state index is 0.0691. The topological polar surface area (TPSA) is 86.8 Å². The third-order valence-corrected chi connectivity index (χ3v) is 9.34. The van der Waals surface area contributed by atoms with Crippen molar-refractivity contribution in [2.45, 2.75) is 62.4 Å². The first-order valence-electron chi connectivity index (χ1n) is 13.8. The minimum atomic E-state index is -4.09. The maximum Gasteiger partial charge on any atom is 0.264 e. The predicted molar refractivity (Wildman–Crippen MR) is 159 cm³/mol. The van der Waals surface area contributed by atoms with Crippen molar-refractivity contribution in [2.24, 2.45) is 0 Å². The van der Waals surface area contributed by atoms with Crippen LogP contribution in [0.2, 0.25) is 5.02 Å². The van der Waals surface area contributed by atoms with Crippen molar-refractivity contribution in [1.29, 1.82) is 0 Å². The van der Waals surface area contributed by atoms with Gasteiger partial charge in [-0.25, -0.2) is 8.42 Å². The van der Waals surface area contributed by atoms with E-state index in [9.17, 15) is 18.0 Å². The van der Waals surface area contributed by atoms with Gasteiger partial charge in [-0.2, -0.15) is 0 Å². The quantitative estimate of drug-likeness (QED) is 0.308. The third kappa shape index (κ3) is 7.43. The van der Waals surface area contributed by atoms with Crippen LogP contribution in [0.1, 0.15) is 44.6 Å². The van der Waals surface area contributed by atoms with Crippen LogP contribution < -0.4 is 9.62 Å². The van der Waals surface area contributed by atoms with Gasteiger partial charge >= 0.3 is 0 Å². The lowest BCUT2D eigenvalue weighted by Gasteiger charge is -2.33. The standard InChI is InChI=1S/C31H36ClN3O4S/c1-2-29(31(37)33-26-13-9-10-14-26)34(22-21-24-11-5-3-6-12-24)30(36)23-35(27-19-17-25(32)18-20-27)40(38,39)28-15-7-4-8-16-28/h3-8,11-12,15-20,26,29H,2,9-10,13-14,21-23H2,1H3,(H,33,37)/t29-/m1/s1. The molecule has 0 aromatic heterocycles. The molecule has 40 heavy (non-hydrogen) atoms. The van der Waals surface area contributed by atoms with Gasteiger partial charge in [0.2, 0.25) is 11.8 Å². The number of sulfonamides is 1. The van der Waals surface area contributed by atoms with Gasteiger partial charge < -0.3 is 10.2 Å². The van der Waals surface area contributed by atoms with Crippen LogP contribution in [0.25, 0.3) is 0 Å². The monoisotopic (exact) mass is 581 g/mol. The van der Waals surface area contributed by atoms with E-state index in [-0.39, 0.29) is 23.4 Å². The molecule has 0 saturated heterocycles. The lowest BCUT2D eigenvalue weighted by atomic mass is 10.1. The maximum absolute atomic E-state index is 14.0. The van der Waals surface area contributed by atoms with Crippen LogP contribution in [-0.4, -0.2) is 50.3 Å². The zero-order valence-corrected chi connectivity index (χ0v) is 24.3. The largest absolute Gasteiger partial charge is 0.352 e. The number of benzene rings is 3. The highest BCUT2D eigenvalue weighted by Gasteiger charge is 2.34. The molecule has 1 fully saturated rings. The molecule has 7 nitrogen and oxygen atoms in total. The highest BCUT2D eigenvalue weighted by atomic mass is 35.5. The van der Waals surface area contributed by atoms with E-state index in [1.54, 1.807) is 47.4 Å². The molecule has 4 rings (SSSR count). The number of carbonyl (C=O) groups excluding carboxylic acids is 2. The van der Waals surface area contributed by atoms with Crippen molar-refractivity contribution in [2.75, 3.05) is 17.4 Å². The molecule has 0 bridgehead atoms. The van der Waals surface area contributed by atoms with Crippen LogP contribution >= 0.6 is 11.6 Å². The van der Waals surface area contributed by atoms with Crippen LogP contribution in [0.5, 0.6) is 0 Å². The first-order chi connectivity index (χ1) is 19.3. The van der Waals surface area contributed by atoms with E-state index in [1.807, 2.05) is 37.3 Å². The van der Waals surface area contributed by atoms with Crippen LogP contribution in [-0.2, 0) is 26.0 Å². The summed E-state index contributed by atoms with van der Waals surface area (Å²) in [6, 6.07) is 23.5. The molecule has 3 aromatic carbocycles. The molecule has 0 unspecified atom stereocenters. The molecule has 1 atom stereocenters. The highest BCUT2D eigenvalue weighted by molar-refractivity contribution is 7.92. The average molecular weight is 582 g/mol. The summed E-state index contributed by atoms with van der Waals surface area (Å²) in [5.74, 6) is -0.640. The molecule has 1 aliphatic rings. The summed E-state index contributed by atoms with van der Waals surface area (Å²) in [5.41, 5.74) is 1.34. The number of carbonyl (C=O) groups is 2. The van der Waals surface area contributed by atoms with Gasteiger partial charge in [-0.1, -0.05) is 79.9 Å². The second-order valence-corrected chi connectivity index (χ2v) is 12.3. The molecule has 0 spiro atoms. The van der Waals surface area contributed by atoms with Crippen LogP contribution in [0.15, 0.2) is 89.8 Å². The second-order valence-electron chi connectivity index (χ2n) is 10.0. The van der Waals surface area contributed by atoms with Crippen molar-refractivity contribution < 1.29 is 18.0 Å². The van der Waals surface area contributed by atoms with E-state index in [4.69, 9.17) is 11.6 Å². The Hall–Kier alpha value is -3.36. The van der Waals surface area contributed by atoms with E-state index < -0.39 is 28.5 Å². The van der Waals surface area contributed by atoms with Crippen molar-refractivity contribution in [3.63, 3.8) is 0 Å². The normalized spacial score (nSPS) is 14.4. The fraction of sp³-hybridized carbons (Fsp3) is 0.355. The zero-order chi connectivity index (χ0) is 28.5. The molecule has 1 N–H and O–H groups in total. The predicted octanol–water partition coefficient (Wildman–Crippen LogP) is 5.44. The minimum Gasteiger partial charge on any atom is -0.352 e. The Morgan fingerprint density at radius 2 is 1.52 bits per heavy atom. The fourth-order valence-electron chi connectivity index (χ4n) is 5.12. The Morgan fingerprint density at radius 3 is 2.12 bits per heavy atom. The summed E-state index contributed by atoms with van der Waals surface area (Å²) in [6.07, 6.45) is 4.95. The number of hydrogen-bond donors (Lipinski definition) is 1. The van der Waals surface area contributed by atoms with E-state index in [0.717, 1.165) is 35.6 Å². The van der Waals surface area contributed by atoms with E-state index >= 15 is 0 Å². The summed E-state index contributed by atoms with van der Waals surface area (Å²) in [4.78, 5) is 29.1. The van der Waals surface area contributed by atoms with Crippen molar-refractivity contribution in [1.82, 2.24) is 10.2 Å². The highest BCUT2D eigenvalue weighted by Crippen LogP contribution is 2.26. The van der Waals surface area contributed by atoms with E-state index in [2.05, 4.69) is 5.32 Å². The maximum atomic E-state index is 14.0. The summed E-state index contributed by atoms with van der Waals surface area (Å²) < 4.78 is 28.7. The smallest absolute Gasteiger partial charge is 0.264 e. The number of amides is 2. The third-order valence-electron chi connectivity index (χ3n) is 7.30. The van der Waals surface area contributed by atoms with Crippen LogP contribution in [0.4, 0.5) is 5.69 Å². The Morgan fingerprint density at radius 1 is 0.925 bits per heavy atom. The molecular formula is C31H36ClN3O4S. The van der Waals surface area contributed by atoms with Gasteiger partial charge in [-0.3, -0.25) is 13.9 Å². The van der Waals surface area contributed by atoms with Gasteiger partial charge in [0, 0.05) is 17.6 Å². The summed E-state index contributed by atoms with van der Waals surface area (Å²) in [5, 5.41) is 3.58. The number of hydrogen-bond acceptors (Lipinski definition) is 4. The number of anilines is 1. The molecule has 0 aliphatic heterocycles. The number of nitrogens with one attached hydrogen (secondary N) is 1.